The minimum atomic E-state index is -0.370. The van der Waals surface area contributed by atoms with Gasteiger partial charge in [-0.15, -0.1) is 0 Å². The van der Waals surface area contributed by atoms with E-state index < -0.39 is 0 Å². The van der Waals surface area contributed by atoms with Crippen LogP contribution < -0.4 is 10.5 Å². The van der Waals surface area contributed by atoms with Crippen molar-refractivity contribution >= 4 is 23.4 Å². The monoisotopic (exact) mass is 442 g/mol. The summed E-state index contributed by atoms with van der Waals surface area (Å²) in [5.74, 6) is 0.388. The van der Waals surface area contributed by atoms with Gasteiger partial charge in [-0.3, -0.25) is 9.59 Å². The van der Waals surface area contributed by atoms with Crippen LogP contribution in [0.2, 0.25) is 5.02 Å². The Labute approximate surface area is 189 Å². The van der Waals surface area contributed by atoms with Crippen LogP contribution in [0, 0.1) is 12.3 Å². The predicted molar refractivity (Wildman–Crippen MR) is 123 cm³/mol. The van der Waals surface area contributed by atoms with Crippen LogP contribution in [0.5, 0.6) is 5.75 Å². The number of hydrogen-bond acceptors (Lipinski definition) is 3. The molecule has 2 aromatic carbocycles. The average Bonchev–Trinajstić information content (AvgIpc) is 2.76. The predicted octanol–water partition coefficient (Wildman–Crippen LogP) is 4.71. The second-order valence-electron chi connectivity index (χ2n) is 8.54. The average molecular weight is 443 g/mol. The second-order valence-corrected chi connectivity index (χ2v) is 8.95. The molecule has 2 aromatic rings. The van der Waals surface area contributed by atoms with Gasteiger partial charge in [-0.25, -0.2) is 0 Å². The molecular formula is C25H31ClN2O3. The third-order valence-corrected chi connectivity index (χ3v) is 6.69. The summed E-state index contributed by atoms with van der Waals surface area (Å²) in [6.45, 7) is 5.54. The number of carbonyl (C=O) groups is 2. The molecule has 1 heterocycles. The largest absolute Gasteiger partial charge is 0.493 e. The number of aryl methyl sites for hydroxylation is 1. The lowest BCUT2D eigenvalue weighted by Crippen LogP contribution is -2.48. The maximum atomic E-state index is 13.2. The van der Waals surface area contributed by atoms with Crippen LogP contribution in [0.1, 0.15) is 49.7 Å². The number of nitrogens with two attached hydrogens (primary N) is 1. The Morgan fingerprint density at radius 2 is 1.84 bits per heavy atom. The van der Waals surface area contributed by atoms with Gasteiger partial charge in [0.15, 0.2) is 0 Å². The molecule has 6 heteroatoms. The molecule has 0 radical (unpaired) electrons. The molecule has 0 spiro atoms. The zero-order chi connectivity index (χ0) is 22.4. The first-order valence-electron chi connectivity index (χ1n) is 10.8. The number of halogens is 1. The number of rotatable bonds is 8. The van der Waals surface area contributed by atoms with Crippen molar-refractivity contribution in [2.45, 2.75) is 45.4 Å². The fourth-order valence-electron chi connectivity index (χ4n) is 4.35. The number of primary amides is 1. The highest BCUT2D eigenvalue weighted by Crippen LogP contribution is 2.37. The zero-order valence-corrected chi connectivity index (χ0v) is 19.0. The highest BCUT2D eigenvalue weighted by molar-refractivity contribution is 6.31. The Balaban J connectivity index is 1.67. The van der Waals surface area contributed by atoms with Crippen LogP contribution in [0.3, 0.4) is 0 Å². The van der Waals surface area contributed by atoms with Gasteiger partial charge in [0.1, 0.15) is 5.75 Å². The van der Waals surface area contributed by atoms with Gasteiger partial charge in [0.05, 0.1) is 12.5 Å². The first-order valence-corrected chi connectivity index (χ1v) is 11.2. The summed E-state index contributed by atoms with van der Waals surface area (Å²) in [6.07, 6.45) is 2.36. The van der Waals surface area contributed by atoms with Gasteiger partial charge in [0, 0.05) is 29.9 Å². The molecule has 1 aliphatic heterocycles. The molecule has 5 nitrogen and oxygen atoms in total. The van der Waals surface area contributed by atoms with Gasteiger partial charge in [-0.05, 0) is 55.5 Å². The Kier molecular flexibility index (Phi) is 7.60. The minimum absolute atomic E-state index is 0.141. The summed E-state index contributed by atoms with van der Waals surface area (Å²) < 4.78 is 6.05. The van der Waals surface area contributed by atoms with Crippen molar-refractivity contribution < 1.29 is 14.3 Å². The number of piperidine rings is 1. The summed E-state index contributed by atoms with van der Waals surface area (Å²) in [5, 5.41) is 0.690. The minimum Gasteiger partial charge on any atom is -0.493 e. The molecule has 0 aliphatic carbocycles. The normalized spacial score (nSPS) is 16.5. The van der Waals surface area contributed by atoms with E-state index in [9.17, 15) is 9.59 Å². The summed E-state index contributed by atoms with van der Waals surface area (Å²) in [5.41, 5.74) is 7.19. The topological polar surface area (TPSA) is 72.6 Å². The fraction of sp³-hybridized carbons (Fsp3) is 0.440. The smallest absolute Gasteiger partial charge is 0.230 e. The molecule has 0 bridgehead atoms. The molecule has 31 heavy (non-hydrogen) atoms. The lowest BCUT2D eigenvalue weighted by atomic mass is 9.75. The summed E-state index contributed by atoms with van der Waals surface area (Å²) >= 11 is 6.10. The van der Waals surface area contributed by atoms with Gasteiger partial charge in [-0.2, -0.15) is 0 Å². The third kappa shape index (κ3) is 5.79. The highest BCUT2D eigenvalue weighted by Gasteiger charge is 2.39. The molecular weight excluding hydrogens is 412 g/mol. The molecule has 1 saturated heterocycles. The highest BCUT2D eigenvalue weighted by atomic mass is 35.5. The summed E-state index contributed by atoms with van der Waals surface area (Å²) in [7, 11) is 0. The molecule has 166 valence electrons. The maximum absolute atomic E-state index is 13.2. The van der Waals surface area contributed by atoms with Gasteiger partial charge >= 0.3 is 0 Å². The number of amides is 2. The first kappa shape index (κ1) is 23.1. The van der Waals surface area contributed by atoms with E-state index in [0.717, 1.165) is 23.3 Å². The third-order valence-electron chi connectivity index (χ3n) is 6.27. The van der Waals surface area contributed by atoms with Crippen LogP contribution in [0.4, 0.5) is 0 Å². The molecule has 3 rings (SSSR count). The van der Waals surface area contributed by atoms with Gasteiger partial charge in [-0.1, -0.05) is 48.9 Å². The van der Waals surface area contributed by atoms with Crippen molar-refractivity contribution in [1.82, 2.24) is 4.90 Å². The van der Waals surface area contributed by atoms with Crippen molar-refractivity contribution in [2.75, 3.05) is 19.7 Å². The molecule has 1 fully saturated rings. The molecule has 1 atom stereocenters. The van der Waals surface area contributed by atoms with Crippen LogP contribution in [0.15, 0.2) is 48.5 Å². The van der Waals surface area contributed by atoms with Crippen LogP contribution in [0.25, 0.3) is 0 Å². The number of benzene rings is 2. The Morgan fingerprint density at radius 3 is 2.42 bits per heavy atom. The molecule has 0 aromatic heterocycles. The fourth-order valence-corrected chi connectivity index (χ4v) is 4.46. The van der Waals surface area contributed by atoms with Crippen molar-refractivity contribution in [2.24, 2.45) is 11.1 Å². The van der Waals surface area contributed by atoms with E-state index in [-0.39, 0.29) is 29.6 Å². The van der Waals surface area contributed by atoms with E-state index in [2.05, 4.69) is 0 Å². The Bertz CT molecular complexity index is 908. The lowest BCUT2D eigenvalue weighted by Gasteiger charge is -2.42. The maximum Gasteiger partial charge on any atom is 0.230 e. The van der Waals surface area contributed by atoms with E-state index in [1.165, 1.54) is 0 Å². The molecule has 0 saturated carbocycles. The standard InChI is InChI=1S/C25H31ClN2O3/c1-3-21(19-7-5-4-6-8-19)24(30)28-13-11-25(12-14-28,16-23(27)29)17-31-20-9-10-22(26)18(2)15-20/h4-10,15,21H,3,11-14,16-17H2,1-2H3,(H2,27,29). The lowest BCUT2D eigenvalue weighted by molar-refractivity contribution is -0.136. The zero-order valence-electron chi connectivity index (χ0n) is 18.3. The van der Waals surface area contributed by atoms with Crippen molar-refractivity contribution in [3.05, 3.63) is 64.7 Å². The van der Waals surface area contributed by atoms with E-state index in [4.69, 9.17) is 22.1 Å². The molecule has 2 amide bonds. The van der Waals surface area contributed by atoms with E-state index in [1.54, 1.807) is 0 Å². The van der Waals surface area contributed by atoms with E-state index >= 15 is 0 Å². The van der Waals surface area contributed by atoms with Crippen molar-refractivity contribution in [1.29, 1.82) is 0 Å². The summed E-state index contributed by atoms with van der Waals surface area (Å²) in [4.78, 5) is 26.9. The molecule has 2 N–H and O–H groups in total. The quantitative estimate of drug-likeness (QED) is 0.643. The molecule has 1 aliphatic rings. The Hall–Kier alpha value is -2.53. The number of hydrogen-bond donors (Lipinski definition) is 1. The van der Waals surface area contributed by atoms with Crippen molar-refractivity contribution in [3.8, 4) is 5.75 Å². The van der Waals surface area contributed by atoms with E-state index in [1.807, 2.05) is 67.3 Å². The first-order chi connectivity index (χ1) is 14.8. The van der Waals surface area contributed by atoms with Gasteiger partial charge in [0.2, 0.25) is 11.8 Å². The van der Waals surface area contributed by atoms with Crippen LogP contribution in [-0.2, 0) is 9.59 Å². The molecule has 1 unspecified atom stereocenters. The van der Waals surface area contributed by atoms with Gasteiger partial charge in [0.25, 0.3) is 0 Å². The number of ether oxygens (including phenoxy) is 1. The van der Waals surface area contributed by atoms with Crippen LogP contribution >= 0.6 is 11.6 Å². The van der Waals surface area contributed by atoms with Crippen LogP contribution in [-0.4, -0.2) is 36.4 Å². The number of nitrogens with zero attached hydrogens (tertiary/aromatic N) is 1. The number of likely N-dealkylation sites (tertiary alicyclic amines) is 1. The van der Waals surface area contributed by atoms with E-state index in [0.29, 0.717) is 37.6 Å². The summed E-state index contributed by atoms with van der Waals surface area (Å²) in [6, 6.07) is 15.4. The Morgan fingerprint density at radius 1 is 1.16 bits per heavy atom. The second kappa shape index (κ2) is 10.2. The van der Waals surface area contributed by atoms with Gasteiger partial charge < -0.3 is 15.4 Å². The van der Waals surface area contributed by atoms with Crippen molar-refractivity contribution in [3.63, 3.8) is 0 Å². The number of carbonyl (C=O) groups excluding carboxylic acids is 2. The SMILES string of the molecule is CCC(C(=O)N1CCC(COc2ccc(Cl)c(C)c2)(CC(N)=O)CC1)c1ccccc1.